The van der Waals surface area contributed by atoms with Gasteiger partial charge in [0.05, 0.1) is 5.69 Å². The summed E-state index contributed by atoms with van der Waals surface area (Å²) < 4.78 is 1.52. The second kappa shape index (κ2) is 11.2. The van der Waals surface area contributed by atoms with E-state index in [1.54, 1.807) is 13.2 Å². The highest BCUT2D eigenvalue weighted by Gasteiger charge is 2.16. The molecular formula is C32H37N5O2. The molecule has 0 saturated carbocycles. The first-order chi connectivity index (χ1) is 18.5. The fourth-order valence-electron chi connectivity index (χ4n) is 4.30. The third-order valence-electron chi connectivity index (χ3n) is 6.99. The summed E-state index contributed by atoms with van der Waals surface area (Å²) in [5, 5.41) is 6.22. The van der Waals surface area contributed by atoms with E-state index in [9.17, 15) is 9.59 Å². The molecule has 0 fully saturated rings. The van der Waals surface area contributed by atoms with E-state index in [1.807, 2.05) is 80.7 Å². The zero-order chi connectivity index (χ0) is 28.3. The Hall–Kier alpha value is -4.39. The van der Waals surface area contributed by atoms with Gasteiger partial charge in [0.1, 0.15) is 0 Å². The molecule has 0 aliphatic heterocycles. The topological polar surface area (TPSA) is 79.3 Å². The highest BCUT2D eigenvalue weighted by atomic mass is 16.1. The summed E-state index contributed by atoms with van der Waals surface area (Å²) in [7, 11) is 3.74. The van der Waals surface area contributed by atoms with E-state index in [4.69, 9.17) is 0 Å². The molecule has 0 unspecified atom stereocenters. The molecule has 0 bridgehead atoms. The number of hydrogen-bond donors (Lipinski definition) is 2. The summed E-state index contributed by atoms with van der Waals surface area (Å²) in [5.41, 5.74) is 6.44. The number of hydrogen-bond acceptors (Lipinski definition) is 5. The molecule has 2 N–H and O–H groups in total. The maximum atomic E-state index is 13.0. The first-order valence-corrected chi connectivity index (χ1v) is 13.2. The van der Waals surface area contributed by atoms with Gasteiger partial charge in [-0.05, 0) is 72.9 Å². The van der Waals surface area contributed by atoms with Crippen LogP contribution in [0.4, 0.5) is 22.9 Å². The van der Waals surface area contributed by atoms with Gasteiger partial charge in [0.15, 0.2) is 5.82 Å². The molecular weight excluding hydrogens is 486 g/mol. The fraction of sp³-hybridized carbons (Fsp3) is 0.281. The van der Waals surface area contributed by atoms with E-state index in [-0.39, 0.29) is 22.7 Å². The van der Waals surface area contributed by atoms with E-state index < -0.39 is 0 Å². The number of amides is 1. The summed E-state index contributed by atoms with van der Waals surface area (Å²) in [6, 6.07) is 21.3. The Bertz CT molecular complexity index is 1530. The molecule has 0 radical (unpaired) electrons. The Morgan fingerprint density at radius 2 is 1.67 bits per heavy atom. The van der Waals surface area contributed by atoms with Crippen LogP contribution in [0.15, 0.2) is 77.7 Å². The summed E-state index contributed by atoms with van der Waals surface area (Å²) >= 11 is 0. The standard InChI is InChI=1S/C32H37N5O2/c1-8-36(6)25-18-16-24(17-19-25)33-29-31(39)37(7)20-28(34-29)26-10-9-11-27(21(26)2)35-30(38)22-12-14-23(15-13-22)32(3,4)5/h9-20H,8H2,1-7H3,(H,33,34)(H,35,38). The average molecular weight is 524 g/mol. The molecule has 202 valence electrons. The van der Waals surface area contributed by atoms with Crippen molar-refractivity contribution >= 4 is 28.8 Å². The minimum atomic E-state index is -0.227. The van der Waals surface area contributed by atoms with Gasteiger partial charge in [-0.2, -0.15) is 0 Å². The second-order valence-corrected chi connectivity index (χ2v) is 10.8. The lowest BCUT2D eigenvalue weighted by atomic mass is 9.86. The van der Waals surface area contributed by atoms with Crippen molar-refractivity contribution in [3.63, 3.8) is 0 Å². The lowest BCUT2D eigenvalue weighted by Crippen LogP contribution is -2.21. The Morgan fingerprint density at radius 1 is 1.00 bits per heavy atom. The minimum Gasteiger partial charge on any atom is -0.375 e. The van der Waals surface area contributed by atoms with Crippen molar-refractivity contribution in [3.05, 3.63) is 100.0 Å². The predicted molar refractivity (Wildman–Crippen MR) is 161 cm³/mol. The van der Waals surface area contributed by atoms with Crippen LogP contribution in [0.1, 0.15) is 49.2 Å². The highest BCUT2D eigenvalue weighted by molar-refractivity contribution is 6.05. The molecule has 0 aliphatic rings. The van der Waals surface area contributed by atoms with E-state index >= 15 is 0 Å². The van der Waals surface area contributed by atoms with Gasteiger partial charge >= 0.3 is 0 Å². The molecule has 0 spiro atoms. The minimum absolute atomic E-state index is 0.0195. The van der Waals surface area contributed by atoms with Gasteiger partial charge in [-0.3, -0.25) is 9.59 Å². The molecule has 0 atom stereocenters. The maximum absolute atomic E-state index is 13.0. The van der Waals surface area contributed by atoms with Crippen molar-refractivity contribution < 1.29 is 4.79 Å². The molecule has 3 aromatic carbocycles. The van der Waals surface area contributed by atoms with Crippen LogP contribution in [0.25, 0.3) is 11.3 Å². The Balaban J connectivity index is 1.60. The lowest BCUT2D eigenvalue weighted by Gasteiger charge is -2.19. The van der Waals surface area contributed by atoms with Crippen LogP contribution in [0.5, 0.6) is 0 Å². The highest BCUT2D eigenvalue weighted by Crippen LogP contribution is 2.29. The normalized spacial score (nSPS) is 11.3. The van der Waals surface area contributed by atoms with E-state index in [2.05, 4.69) is 48.2 Å². The van der Waals surface area contributed by atoms with Crippen LogP contribution in [0, 0.1) is 6.92 Å². The molecule has 4 rings (SSSR count). The Morgan fingerprint density at radius 3 is 2.28 bits per heavy atom. The molecule has 7 nitrogen and oxygen atoms in total. The summed E-state index contributed by atoms with van der Waals surface area (Å²) in [6.07, 6.45) is 1.71. The zero-order valence-electron chi connectivity index (χ0n) is 23.8. The maximum Gasteiger partial charge on any atom is 0.293 e. The monoisotopic (exact) mass is 523 g/mol. The predicted octanol–water partition coefficient (Wildman–Crippen LogP) is 6.51. The second-order valence-electron chi connectivity index (χ2n) is 10.8. The molecule has 0 aliphatic carbocycles. The van der Waals surface area contributed by atoms with Gasteiger partial charge in [-0.25, -0.2) is 4.98 Å². The van der Waals surface area contributed by atoms with Crippen molar-refractivity contribution in [1.29, 1.82) is 0 Å². The summed E-state index contributed by atoms with van der Waals surface area (Å²) in [6.45, 7) is 11.4. The third kappa shape index (κ3) is 6.20. The van der Waals surface area contributed by atoms with E-state index in [0.717, 1.165) is 29.0 Å². The Kier molecular flexibility index (Phi) is 7.90. The number of nitrogens with zero attached hydrogens (tertiary/aromatic N) is 3. The molecule has 1 aromatic heterocycles. The SMILES string of the molecule is CCN(C)c1ccc(Nc2nc(-c3cccc(NC(=O)c4ccc(C(C)(C)C)cc4)c3C)cn(C)c2=O)cc1. The number of aromatic nitrogens is 2. The molecule has 7 heteroatoms. The Labute approximate surface area is 230 Å². The quantitative estimate of drug-likeness (QED) is 0.289. The molecule has 39 heavy (non-hydrogen) atoms. The summed E-state index contributed by atoms with van der Waals surface area (Å²) in [4.78, 5) is 32.7. The average Bonchev–Trinajstić information content (AvgIpc) is 2.92. The van der Waals surface area contributed by atoms with E-state index in [0.29, 0.717) is 16.9 Å². The van der Waals surface area contributed by atoms with Gasteiger partial charge in [-0.15, -0.1) is 0 Å². The van der Waals surface area contributed by atoms with E-state index in [1.165, 1.54) is 10.1 Å². The van der Waals surface area contributed by atoms with Gasteiger partial charge in [0.25, 0.3) is 11.5 Å². The van der Waals surface area contributed by atoms with Crippen LogP contribution in [-0.4, -0.2) is 29.1 Å². The summed E-state index contributed by atoms with van der Waals surface area (Å²) in [5.74, 6) is 0.0584. The van der Waals surface area contributed by atoms with Crippen molar-refractivity contribution in [3.8, 4) is 11.3 Å². The molecule has 1 amide bonds. The fourth-order valence-corrected chi connectivity index (χ4v) is 4.30. The van der Waals surface area contributed by atoms with Gasteiger partial charge in [0, 0.05) is 55.0 Å². The number of anilines is 4. The number of nitrogens with one attached hydrogen (secondary N) is 2. The largest absolute Gasteiger partial charge is 0.375 e. The van der Waals surface area contributed by atoms with Crippen molar-refractivity contribution in [2.24, 2.45) is 7.05 Å². The number of rotatable bonds is 7. The number of carbonyl (C=O) groups is 1. The molecule has 4 aromatic rings. The van der Waals surface area contributed by atoms with Crippen molar-refractivity contribution in [2.75, 3.05) is 29.1 Å². The van der Waals surface area contributed by atoms with Crippen LogP contribution in [-0.2, 0) is 12.5 Å². The number of carbonyl (C=O) groups excluding carboxylic acids is 1. The van der Waals surface area contributed by atoms with Crippen molar-refractivity contribution in [1.82, 2.24) is 9.55 Å². The third-order valence-corrected chi connectivity index (χ3v) is 6.99. The molecule has 1 heterocycles. The van der Waals surface area contributed by atoms with Gasteiger partial charge in [0.2, 0.25) is 0 Å². The van der Waals surface area contributed by atoms with Gasteiger partial charge in [-0.1, -0.05) is 45.0 Å². The zero-order valence-corrected chi connectivity index (χ0v) is 23.8. The van der Waals surface area contributed by atoms with Crippen LogP contribution < -0.4 is 21.1 Å². The lowest BCUT2D eigenvalue weighted by molar-refractivity contribution is 0.102. The van der Waals surface area contributed by atoms with Crippen LogP contribution >= 0.6 is 0 Å². The number of aryl methyl sites for hydroxylation is 1. The van der Waals surface area contributed by atoms with Crippen LogP contribution in [0.3, 0.4) is 0 Å². The smallest absolute Gasteiger partial charge is 0.293 e. The first-order valence-electron chi connectivity index (χ1n) is 13.2. The van der Waals surface area contributed by atoms with Gasteiger partial charge < -0.3 is 20.1 Å². The first kappa shape index (κ1) is 27.6. The van der Waals surface area contributed by atoms with Crippen molar-refractivity contribution in [2.45, 2.75) is 40.0 Å². The molecule has 0 saturated heterocycles. The van der Waals surface area contributed by atoms with Crippen LogP contribution in [0.2, 0.25) is 0 Å². The number of benzene rings is 3.